The number of anilines is 1. The Labute approximate surface area is 98.7 Å². The molecule has 1 aliphatic heterocycles. The van der Waals surface area contributed by atoms with Gasteiger partial charge in [-0.25, -0.2) is 12.8 Å². The van der Waals surface area contributed by atoms with E-state index in [1.165, 1.54) is 13.0 Å². The molecule has 1 fully saturated rings. The van der Waals surface area contributed by atoms with Crippen molar-refractivity contribution in [1.29, 1.82) is 0 Å². The molecule has 2 rings (SSSR count). The summed E-state index contributed by atoms with van der Waals surface area (Å²) in [5.74, 6) is -0.662. The summed E-state index contributed by atoms with van der Waals surface area (Å²) in [7, 11) is -3.82. The standard InChI is InChI=1S/C10H13FN2O3S/c1-10(14)5-13(6-10)17(15,16)9-4-7(11)2-3-8(9)12/h2-4,14H,5-6,12H2,1H3. The largest absolute Gasteiger partial charge is 0.398 e. The first-order chi connectivity index (χ1) is 7.72. The first-order valence-corrected chi connectivity index (χ1v) is 6.44. The minimum atomic E-state index is -3.82. The molecule has 0 saturated carbocycles. The number of sulfonamides is 1. The average molecular weight is 260 g/mol. The molecule has 0 radical (unpaired) electrons. The van der Waals surface area contributed by atoms with Gasteiger partial charge in [-0.3, -0.25) is 0 Å². The molecule has 0 spiro atoms. The number of nitrogen functional groups attached to an aromatic ring is 1. The maximum atomic E-state index is 13.0. The molecule has 5 nitrogen and oxygen atoms in total. The molecule has 0 atom stereocenters. The van der Waals surface area contributed by atoms with Crippen LogP contribution in [-0.4, -0.2) is 36.5 Å². The highest BCUT2D eigenvalue weighted by atomic mass is 32.2. The number of β-amino-alcohol motifs (C(OH)–C–C–N with tert-alkyl or cyclic N) is 1. The Morgan fingerprint density at radius 2 is 2.06 bits per heavy atom. The van der Waals surface area contributed by atoms with Crippen molar-refractivity contribution in [2.45, 2.75) is 17.4 Å². The SMILES string of the molecule is CC1(O)CN(S(=O)(=O)c2cc(F)ccc2N)C1. The van der Waals surface area contributed by atoms with Crippen molar-refractivity contribution < 1.29 is 17.9 Å². The fraction of sp³-hybridized carbons (Fsp3) is 0.400. The van der Waals surface area contributed by atoms with E-state index in [9.17, 15) is 17.9 Å². The second-order valence-electron chi connectivity index (χ2n) is 4.45. The van der Waals surface area contributed by atoms with Gasteiger partial charge in [0.25, 0.3) is 0 Å². The van der Waals surface area contributed by atoms with Gasteiger partial charge < -0.3 is 10.8 Å². The van der Waals surface area contributed by atoms with Gasteiger partial charge in [-0.05, 0) is 25.1 Å². The highest BCUT2D eigenvalue weighted by molar-refractivity contribution is 7.89. The van der Waals surface area contributed by atoms with Gasteiger partial charge in [-0.15, -0.1) is 0 Å². The number of rotatable bonds is 2. The Balaban J connectivity index is 2.36. The minimum absolute atomic E-state index is 0.00190. The van der Waals surface area contributed by atoms with Crippen LogP contribution < -0.4 is 5.73 Å². The fourth-order valence-electron chi connectivity index (χ4n) is 1.75. The van der Waals surface area contributed by atoms with Crippen LogP contribution in [0.15, 0.2) is 23.1 Å². The van der Waals surface area contributed by atoms with Gasteiger partial charge in [-0.2, -0.15) is 4.31 Å². The van der Waals surface area contributed by atoms with Crippen LogP contribution in [0.4, 0.5) is 10.1 Å². The molecule has 3 N–H and O–H groups in total. The van der Waals surface area contributed by atoms with E-state index in [0.717, 1.165) is 16.4 Å². The van der Waals surface area contributed by atoms with Crippen LogP contribution in [0, 0.1) is 5.82 Å². The third-order valence-electron chi connectivity index (χ3n) is 2.63. The van der Waals surface area contributed by atoms with Crippen LogP contribution in [0.3, 0.4) is 0 Å². The molecule has 1 aromatic carbocycles. The predicted octanol–water partition coefficient (Wildman–Crippen LogP) is 0.163. The Morgan fingerprint density at radius 1 is 1.47 bits per heavy atom. The van der Waals surface area contributed by atoms with Crippen LogP contribution in [0.1, 0.15) is 6.92 Å². The highest BCUT2D eigenvalue weighted by Crippen LogP contribution is 2.30. The summed E-state index contributed by atoms with van der Waals surface area (Å²) in [6, 6.07) is 3.19. The van der Waals surface area contributed by atoms with Crippen LogP contribution in [0.2, 0.25) is 0 Å². The third kappa shape index (κ3) is 2.13. The average Bonchev–Trinajstić information content (AvgIpc) is 2.18. The summed E-state index contributed by atoms with van der Waals surface area (Å²) in [6.07, 6.45) is 0. The van der Waals surface area contributed by atoms with Crippen molar-refractivity contribution in [3.05, 3.63) is 24.0 Å². The Morgan fingerprint density at radius 3 is 2.59 bits per heavy atom. The zero-order valence-corrected chi connectivity index (χ0v) is 10.0. The summed E-state index contributed by atoms with van der Waals surface area (Å²) in [6.45, 7) is 1.52. The molecule has 17 heavy (non-hydrogen) atoms. The summed E-state index contributed by atoms with van der Waals surface area (Å²) in [5, 5.41) is 9.51. The lowest BCUT2D eigenvalue weighted by Gasteiger charge is -2.42. The van der Waals surface area contributed by atoms with E-state index >= 15 is 0 Å². The van der Waals surface area contributed by atoms with Crippen LogP contribution >= 0.6 is 0 Å². The molecule has 1 heterocycles. The molecular weight excluding hydrogens is 247 g/mol. The van der Waals surface area contributed by atoms with E-state index in [1.807, 2.05) is 0 Å². The summed E-state index contributed by atoms with van der Waals surface area (Å²) in [5.41, 5.74) is 4.50. The van der Waals surface area contributed by atoms with Crippen molar-refractivity contribution in [3.8, 4) is 0 Å². The lowest BCUT2D eigenvalue weighted by molar-refractivity contribution is -0.0426. The Bertz CT molecular complexity index is 549. The van der Waals surface area contributed by atoms with Gasteiger partial charge >= 0.3 is 0 Å². The number of halogens is 1. The smallest absolute Gasteiger partial charge is 0.245 e. The van der Waals surface area contributed by atoms with Gasteiger partial charge in [0.15, 0.2) is 0 Å². The van der Waals surface area contributed by atoms with Gasteiger partial charge in [0.05, 0.1) is 11.3 Å². The lowest BCUT2D eigenvalue weighted by atomic mass is 10.0. The molecule has 0 amide bonds. The highest BCUT2D eigenvalue weighted by Gasteiger charge is 2.44. The van der Waals surface area contributed by atoms with E-state index in [-0.39, 0.29) is 23.7 Å². The molecule has 0 aliphatic carbocycles. The molecule has 94 valence electrons. The summed E-state index contributed by atoms with van der Waals surface area (Å²) in [4.78, 5) is -0.256. The van der Waals surface area contributed by atoms with Crippen molar-refractivity contribution in [3.63, 3.8) is 0 Å². The quantitative estimate of drug-likeness (QED) is 0.742. The van der Waals surface area contributed by atoms with E-state index in [1.54, 1.807) is 0 Å². The summed E-state index contributed by atoms with van der Waals surface area (Å²) >= 11 is 0. The van der Waals surface area contributed by atoms with Gasteiger partial charge in [-0.1, -0.05) is 0 Å². The number of nitrogens with zero attached hydrogens (tertiary/aromatic N) is 1. The Kier molecular flexibility index (Phi) is 2.64. The van der Waals surface area contributed by atoms with E-state index in [0.29, 0.717) is 0 Å². The van der Waals surface area contributed by atoms with E-state index in [2.05, 4.69) is 0 Å². The van der Waals surface area contributed by atoms with Gasteiger partial charge in [0, 0.05) is 13.1 Å². The topological polar surface area (TPSA) is 83.6 Å². The summed E-state index contributed by atoms with van der Waals surface area (Å²) < 4.78 is 38.2. The Hall–Kier alpha value is -1.18. The van der Waals surface area contributed by atoms with Crippen LogP contribution in [0.25, 0.3) is 0 Å². The molecular formula is C10H13FN2O3S. The van der Waals surface area contributed by atoms with E-state index < -0.39 is 21.4 Å². The van der Waals surface area contributed by atoms with E-state index in [4.69, 9.17) is 5.73 Å². The molecule has 1 aromatic rings. The number of nitrogens with two attached hydrogens (primary N) is 1. The third-order valence-corrected chi connectivity index (χ3v) is 4.47. The van der Waals surface area contributed by atoms with Crippen molar-refractivity contribution in [2.24, 2.45) is 0 Å². The number of hydrogen-bond acceptors (Lipinski definition) is 4. The molecule has 0 bridgehead atoms. The molecule has 7 heteroatoms. The predicted molar refractivity (Wildman–Crippen MR) is 60.2 cm³/mol. The first-order valence-electron chi connectivity index (χ1n) is 5.00. The van der Waals surface area contributed by atoms with Gasteiger partial charge in [0.2, 0.25) is 10.0 Å². The van der Waals surface area contributed by atoms with Crippen molar-refractivity contribution >= 4 is 15.7 Å². The monoisotopic (exact) mass is 260 g/mol. The van der Waals surface area contributed by atoms with Crippen molar-refractivity contribution in [2.75, 3.05) is 18.8 Å². The normalized spacial score (nSPS) is 19.9. The zero-order chi connectivity index (χ0) is 12.8. The van der Waals surface area contributed by atoms with Crippen LogP contribution in [-0.2, 0) is 10.0 Å². The second kappa shape index (κ2) is 3.66. The number of hydrogen-bond donors (Lipinski definition) is 2. The fourth-order valence-corrected chi connectivity index (χ4v) is 3.56. The zero-order valence-electron chi connectivity index (χ0n) is 9.22. The maximum Gasteiger partial charge on any atom is 0.245 e. The molecule has 0 aromatic heterocycles. The molecule has 1 saturated heterocycles. The molecule has 0 unspecified atom stereocenters. The number of benzene rings is 1. The second-order valence-corrected chi connectivity index (χ2v) is 6.36. The number of aliphatic hydroxyl groups is 1. The van der Waals surface area contributed by atoms with Crippen LogP contribution in [0.5, 0.6) is 0 Å². The molecule has 1 aliphatic rings. The minimum Gasteiger partial charge on any atom is -0.398 e. The first kappa shape index (κ1) is 12.3. The lowest BCUT2D eigenvalue weighted by Crippen LogP contribution is -2.61. The van der Waals surface area contributed by atoms with Gasteiger partial charge in [0.1, 0.15) is 10.7 Å². The maximum absolute atomic E-state index is 13.0. The van der Waals surface area contributed by atoms with Crippen molar-refractivity contribution in [1.82, 2.24) is 4.31 Å².